The highest BCUT2D eigenvalue weighted by Gasteiger charge is 2.42. The lowest BCUT2D eigenvalue weighted by Crippen LogP contribution is -2.30. The van der Waals surface area contributed by atoms with Gasteiger partial charge in [0.1, 0.15) is 6.04 Å². The van der Waals surface area contributed by atoms with Gasteiger partial charge < -0.3 is 25.0 Å². The molecule has 1 aliphatic heterocycles. The second-order valence-corrected chi connectivity index (χ2v) is 9.33. The Morgan fingerprint density at radius 3 is 2.33 bits per heavy atom. The van der Waals surface area contributed by atoms with Gasteiger partial charge in [0.2, 0.25) is 5.91 Å². The molecule has 1 amide bonds. The van der Waals surface area contributed by atoms with Gasteiger partial charge >= 0.3 is 0 Å². The summed E-state index contributed by atoms with van der Waals surface area (Å²) in [6.45, 7) is 1.50. The molecule has 8 heteroatoms. The Morgan fingerprint density at radius 2 is 1.69 bits per heavy atom. The summed E-state index contributed by atoms with van der Waals surface area (Å²) in [5, 5.41) is 6.96. The summed E-state index contributed by atoms with van der Waals surface area (Å²) in [7, 11) is 4.07. The van der Waals surface area contributed by atoms with E-state index in [1.54, 1.807) is 6.20 Å². The number of nitrogens with zero attached hydrogens (tertiary/aromatic N) is 4. The first-order valence-corrected chi connectivity index (χ1v) is 12.2. The molecule has 2 atom stereocenters. The fraction of sp³-hybridized carbons (Fsp3) is 0.179. The van der Waals surface area contributed by atoms with Gasteiger partial charge in [-0.3, -0.25) is 9.78 Å². The van der Waals surface area contributed by atoms with Crippen molar-refractivity contribution >= 4 is 40.3 Å². The van der Waals surface area contributed by atoms with Crippen LogP contribution >= 0.6 is 12.2 Å². The molecular weight excluding hydrogens is 468 g/mol. The van der Waals surface area contributed by atoms with Gasteiger partial charge in [-0.15, -0.1) is 0 Å². The van der Waals surface area contributed by atoms with Gasteiger partial charge in [0.15, 0.2) is 5.11 Å². The lowest BCUT2D eigenvalue weighted by atomic mass is 10.0. The molecule has 182 valence electrons. The molecule has 36 heavy (non-hydrogen) atoms. The molecule has 0 spiro atoms. The first-order chi connectivity index (χ1) is 17.4. The Hall–Kier alpha value is -4.17. The summed E-state index contributed by atoms with van der Waals surface area (Å²) in [5.74, 6) is -0.104. The number of rotatable bonds is 6. The highest BCUT2D eigenvalue weighted by molar-refractivity contribution is 7.80. The molecular formula is C28H28N6OS. The summed E-state index contributed by atoms with van der Waals surface area (Å²) < 4.78 is 2.20. The third-order valence-electron chi connectivity index (χ3n) is 6.29. The van der Waals surface area contributed by atoms with Crippen LogP contribution in [0, 0.1) is 0 Å². The van der Waals surface area contributed by atoms with E-state index in [9.17, 15) is 4.79 Å². The summed E-state index contributed by atoms with van der Waals surface area (Å²) in [6, 6.07) is 26.1. The predicted octanol–water partition coefficient (Wildman–Crippen LogP) is 5.07. The van der Waals surface area contributed by atoms with Gasteiger partial charge in [0.25, 0.3) is 0 Å². The first-order valence-electron chi connectivity index (χ1n) is 11.8. The van der Waals surface area contributed by atoms with E-state index in [1.807, 2.05) is 56.6 Å². The number of hydrogen-bond acceptors (Lipinski definition) is 4. The van der Waals surface area contributed by atoms with Gasteiger partial charge in [-0.1, -0.05) is 6.07 Å². The van der Waals surface area contributed by atoms with Gasteiger partial charge in [-0.05, 0) is 85.0 Å². The molecule has 0 radical (unpaired) electrons. The minimum atomic E-state index is -0.150. The van der Waals surface area contributed by atoms with Crippen LogP contribution in [0.2, 0.25) is 0 Å². The van der Waals surface area contributed by atoms with Crippen molar-refractivity contribution in [2.24, 2.45) is 0 Å². The zero-order valence-electron chi connectivity index (χ0n) is 20.4. The van der Waals surface area contributed by atoms with E-state index in [2.05, 4.69) is 72.6 Å². The van der Waals surface area contributed by atoms with Crippen molar-refractivity contribution in [2.45, 2.75) is 19.0 Å². The molecule has 2 aromatic heterocycles. The molecule has 3 heterocycles. The van der Waals surface area contributed by atoms with Crippen LogP contribution in [0.25, 0.3) is 5.69 Å². The highest BCUT2D eigenvalue weighted by atomic mass is 32.1. The van der Waals surface area contributed by atoms with E-state index in [0.29, 0.717) is 5.11 Å². The number of benzene rings is 2. The average Bonchev–Trinajstić information content (AvgIpc) is 3.49. The largest absolute Gasteiger partial charge is 0.378 e. The smallest absolute Gasteiger partial charge is 0.221 e. The maximum atomic E-state index is 11.5. The van der Waals surface area contributed by atoms with E-state index in [-0.39, 0.29) is 18.0 Å². The molecule has 0 bridgehead atoms. The second kappa shape index (κ2) is 9.83. The van der Waals surface area contributed by atoms with Crippen LogP contribution in [0.1, 0.15) is 30.4 Å². The van der Waals surface area contributed by atoms with Crippen LogP contribution in [-0.4, -0.2) is 34.7 Å². The number of pyridine rings is 1. The number of anilines is 3. The van der Waals surface area contributed by atoms with Gasteiger partial charge in [-0.25, -0.2) is 0 Å². The van der Waals surface area contributed by atoms with Crippen molar-refractivity contribution < 1.29 is 4.79 Å². The Morgan fingerprint density at radius 1 is 0.972 bits per heavy atom. The van der Waals surface area contributed by atoms with Crippen molar-refractivity contribution in [3.8, 4) is 5.69 Å². The van der Waals surface area contributed by atoms with Crippen molar-refractivity contribution in [1.82, 2.24) is 14.9 Å². The second-order valence-electron chi connectivity index (χ2n) is 8.94. The topological polar surface area (TPSA) is 65.4 Å². The van der Waals surface area contributed by atoms with Crippen LogP contribution in [0.3, 0.4) is 0 Å². The van der Waals surface area contributed by atoms with Crippen LogP contribution in [0.4, 0.5) is 17.1 Å². The maximum Gasteiger partial charge on any atom is 0.221 e. The van der Waals surface area contributed by atoms with Crippen molar-refractivity contribution in [1.29, 1.82) is 0 Å². The third kappa shape index (κ3) is 4.55. The first kappa shape index (κ1) is 23.6. The monoisotopic (exact) mass is 496 g/mol. The quantitative estimate of drug-likeness (QED) is 0.363. The minimum absolute atomic E-state index is 0.104. The van der Waals surface area contributed by atoms with E-state index in [0.717, 1.165) is 34.1 Å². The molecule has 0 unspecified atom stereocenters. The number of thiocarbonyl (C=S) groups is 1. The zero-order valence-corrected chi connectivity index (χ0v) is 21.2. The highest BCUT2D eigenvalue weighted by Crippen LogP contribution is 2.42. The fourth-order valence-electron chi connectivity index (χ4n) is 4.62. The molecule has 1 fully saturated rings. The average molecular weight is 497 g/mol. The Kier molecular flexibility index (Phi) is 6.43. The summed E-state index contributed by atoms with van der Waals surface area (Å²) in [4.78, 5) is 20.3. The van der Waals surface area contributed by atoms with E-state index in [1.165, 1.54) is 6.92 Å². The van der Waals surface area contributed by atoms with Crippen molar-refractivity contribution in [3.05, 3.63) is 103 Å². The van der Waals surface area contributed by atoms with Crippen LogP contribution in [-0.2, 0) is 4.79 Å². The number of nitrogens with one attached hydrogen (secondary N) is 2. The number of carbonyl (C=O) groups is 1. The summed E-state index contributed by atoms with van der Waals surface area (Å²) in [5.41, 5.74) is 5.88. The number of hydrogen-bond donors (Lipinski definition) is 2. The SMILES string of the molecule is CC(=O)Nc1ccc(N2C(=S)N[C@H](c3ccccn3)[C@@H]2c2cccn2-c2ccc(N(C)C)cc2)cc1. The summed E-state index contributed by atoms with van der Waals surface area (Å²) in [6.07, 6.45) is 3.88. The Balaban J connectivity index is 1.59. The Bertz CT molecular complexity index is 1370. The van der Waals surface area contributed by atoms with Crippen molar-refractivity contribution in [3.63, 3.8) is 0 Å². The molecule has 1 aliphatic rings. The molecule has 2 aromatic carbocycles. The third-order valence-corrected chi connectivity index (χ3v) is 6.61. The number of carbonyl (C=O) groups excluding carboxylic acids is 1. The zero-order chi connectivity index (χ0) is 25.2. The van der Waals surface area contributed by atoms with Gasteiger partial charge in [-0.2, -0.15) is 0 Å². The predicted molar refractivity (Wildman–Crippen MR) is 149 cm³/mol. The van der Waals surface area contributed by atoms with Crippen LogP contribution in [0.15, 0.2) is 91.3 Å². The molecule has 1 saturated heterocycles. The van der Waals surface area contributed by atoms with E-state index in [4.69, 9.17) is 12.2 Å². The molecule has 7 nitrogen and oxygen atoms in total. The van der Waals surface area contributed by atoms with Crippen molar-refractivity contribution in [2.75, 3.05) is 29.2 Å². The molecule has 0 aliphatic carbocycles. The minimum Gasteiger partial charge on any atom is -0.378 e. The molecule has 5 rings (SSSR count). The van der Waals surface area contributed by atoms with Gasteiger partial charge in [0, 0.05) is 61.9 Å². The molecule has 2 N–H and O–H groups in total. The maximum absolute atomic E-state index is 11.5. The summed E-state index contributed by atoms with van der Waals surface area (Å²) >= 11 is 5.86. The number of aromatic nitrogens is 2. The number of amides is 1. The van der Waals surface area contributed by atoms with E-state index < -0.39 is 0 Å². The lowest BCUT2D eigenvalue weighted by molar-refractivity contribution is -0.114. The normalized spacial score (nSPS) is 17.1. The fourth-order valence-corrected chi connectivity index (χ4v) is 4.97. The molecule has 0 saturated carbocycles. The standard InChI is InChI=1S/C28H28N6OS/c1-19(35)30-20-9-11-23(12-10-20)34-27(26(31-28(34)36)24-7-4-5-17-29-24)25-8-6-18-33(25)22-15-13-21(14-16-22)32(2)3/h4-18,26-27H,1-3H3,(H,30,35)(H,31,36)/t26-,27+/m1/s1. The lowest BCUT2D eigenvalue weighted by Gasteiger charge is -2.29. The molecule has 4 aromatic rings. The van der Waals surface area contributed by atoms with Crippen LogP contribution < -0.4 is 20.4 Å². The van der Waals surface area contributed by atoms with Crippen LogP contribution in [0.5, 0.6) is 0 Å². The Labute approximate surface area is 216 Å². The van der Waals surface area contributed by atoms with Gasteiger partial charge in [0.05, 0.1) is 11.7 Å². The van der Waals surface area contributed by atoms with E-state index >= 15 is 0 Å².